The fourth-order valence-corrected chi connectivity index (χ4v) is 3.11. The third kappa shape index (κ3) is 4.12. The first-order valence-electron chi connectivity index (χ1n) is 7.05. The highest BCUT2D eigenvalue weighted by atomic mass is 35.5. The summed E-state index contributed by atoms with van der Waals surface area (Å²) in [5, 5.41) is 12.6. The smallest absolute Gasteiger partial charge is 0.319 e. The molecule has 2 N–H and O–H groups in total. The van der Waals surface area contributed by atoms with Crippen molar-refractivity contribution in [2.75, 3.05) is 11.9 Å². The Balaban J connectivity index is 1.62. The zero-order valence-electron chi connectivity index (χ0n) is 12.1. The average Bonchev–Trinajstić information content (AvgIpc) is 3.24. The van der Waals surface area contributed by atoms with E-state index in [9.17, 15) is 4.79 Å². The highest BCUT2D eigenvalue weighted by molar-refractivity contribution is 7.10. The highest BCUT2D eigenvalue weighted by Crippen LogP contribution is 2.22. The molecule has 1 unspecified atom stereocenters. The molecule has 2 aromatic heterocycles. The number of urea groups is 1. The second kappa shape index (κ2) is 7.30. The first-order valence-corrected chi connectivity index (χ1v) is 8.31. The van der Waals surface area contributed by atoms with E-state index >= 15 is 0 Å². The van der Waals surface area contributed by atoms with Gasteiger partial charge in [0.15, 0.2) is 0 Å². The van der Waals surface area contributed by atoms with Crippen molar-refractivity contribution < 1.29 is 4.79 Å². The van der Waals surface area contributed by atoms with Crippen LogP contribution in [0.3, 0.4) is 0 Å². The molecule has 2 amide bonds. The van der Waals surface area contributed by atoms with Crippen LogP contribution in [-0.4, -0.2) is 22.4 Å². The normalized spacial score (nSPS) is 11.9. The number of nitrogens with zero attached hydrogens (tertiary/aromatic N) is 2. The Kier molecular flexibility index (Phi) is 4.95. The molecule has 0 aliphatic heterocycles. The van der Waals surface area contributed by atoms with Crippen molar-refractivity contribution >= 4 is 34.7 Å². The number of halogens is 1. The molecular formula is C16H15ClN4OS. The maximum absolute atomic E-state index is 12.1. The first kappa shape index (κ1) is 15.6. The number of hydrogen-bond donors (Lipinski definition) is 2. The van der Waals surface area contributed by atoms with Crippen LogP contribution in [-0.2, 0) is 0 Å². The minimum Gasteiger partial charge on any atom is -0.335 e. The van der Waals surface area contributed by atoms with Gasteiger partial charge < -0.3 is 10.6 Å². The van der Waals surface area contributed by atoms with Crippen molar-refractivity contribution in [2.45, 2.75) is 6.04 Å². The van der Waals surface area contributed by atoms with Crippen LogP contribution in [0.1, 0.15) is 10.9 Å². The summed E-state index contributed by atoms with van der Waals surface area (Å²) >= 11 is 7.47. The van der Waals surface area contributed by atoms with Crippen LogP contribution in [0.15, 0.2) is 60.2 Å². The minimum absolute atomic E-state index is 0.0269. The van der Waals surface area contributed by atoms with Gasteiger partial charge in [-0.1, -0.05) is 17.7 Å². The van der Waals surface area contributed by atoms with E-state index in [1.54, 1.807) is 41.8 Å². The van der Waals surface area contributed by atoms with Gasteiger partial charge in [-0.25, -0.2) is 4.79 Å². The fraction of sp³-hybridized carbons (Fsp3) is 0.125. The standard InChI is InChI=1S/C16H15ClN4OS/c17-12-4-6-13(7-5-12)20-16(22)18-11-14(15-3-1-10-23-15)21-9-2-8-19-21/h1-10,14H,11H2,(H2,18,20,22). The van der Waals surface area contributed by atoms with E-state index in [2.05, 4.69) is 15.7 Å². The van der Waals surface area contributed by atoms with Crippen LogP contribution in [0.5, 0.6) is 0 Å². The van der Waals surface area contributed by atoms with Crippen molar-refractivity contribution in [1.82, 2.24) is 15.1 Å². The number of benzene rings is 1. The fourth-order valence-electron chi connectivity index (χ4n) is 2.17. The van der Waals surface area contributed by atoms with Crippen molar-refractivity contribution in [2.24, 2.45) is 0 Å². The predicted octanol–water partition coefficient (Wildman–Crippen LogP) is 4.01. The second-order valence-corrected chi connectivity index (χ2v) is 6.27. The molecule has 0 bridgehead atoms. The number of aromatic nitrogens is 2. The van der Waals surface area contributed by atoms with Crippen molar-refractivity contribution in [3.63, 3.8) is 0 Å². The van der Waals surface area contributed by atoms with E-state index in [1.165, 1.54) is 0 Å². The number of rotatable bonds is 5. The number of carbonyl (C=O) groups is 1. The van der Waals surface area contributed by atoms with Crippen molar-refractivity contribution in [1.29, 1.82) is 0 Å². The summed E-state index contributed by atoms with van der Waals surface area (Å²) in [7, 11) is 0. The largest absolute Gasteiger partial charge is 0.335 e. The summed E-state index contributed by atoms with van der Waals surface area (Å²) < 4.78 is 1.84. The lowest BCUT2D eigenvalue weighted by atomic mass is 10.2. The van der Waals surface area contributed by atoms with Gasteiger partial charge in [0, 0.05) is 34.5 Å². The number of carbonyl (C=O) groups excluding carboxylic acids is 1. The summed E-state index contributed by atoms with van der Waals surface area (Å²) in [5.74, 6) is 0. The summed E-state index contributed by atoms with van der Waals surface area (Å²) in [6.45, 7) is 0.446. The van der Waals surface area contributed by atoms with Gasteiger partial charge in [0.2, 0.25) is 0 Å². The monoisotopic (exact) mass is 346 g/mol. The number of thiophene rings is 1. The van der Waals surface area contributed by atoms with E-state index in [4.69, 9.17) is 11.6 Å². The zero-order valence-corrected chi connectivity index (χ0v) is 13.7. The van der Waals surface area contributed by atoms with Crippen molar-refractivity contribution in [3.05, 3.63) is 70.1 Å². The third-order valence-electron chi connectivity index (χ3n) is 3.27. The Labute approximate surface area is 142 Å². The molecule has 0 saturated heterocycles. The van der Waals surface area contributed by atoms with E-state index < -0.39 is 0 Å². The van der Waals surface area contributed by atoms with Gasteiger partial charge >= 0.3 is 6.03 Å². The Hall–Kier alpha value is -2.31. The molecule has 3 rings (SSSR count). The molecule has 0 aliphatic carbocycles. The van der Waals surface area contributed by atoms with Crippen LogP contribution in [0, 0.1) is 0 Å². The van der Waals surface area contributed by atoms with Crippen LogP contribution in [0.25, 0.3) is 0 Å². The number of hydrogen-bond acceptors (Lipinski definition) is 3. The number of amides is 2. The molecule has 0 radical (unpaired) electrons. The van der Waals surface area contributed by atoms with E-state index in [-0.39, 0.29) is 12.1 Å². The SMILES string of the molecule is O=C(NCC(c1cccs1)n1cccn1)Nc1ccc(Cl)cc1. The molecule has 23 heavy (non-hydrogen) atoms. The van der Waals surface area contributed by atoms with Crippen LogP contribution < -0.4 is 10.6 Å². The number of nitrogens with one attached hydrogen (secondary N) is 2. The molecule has 0 spiro atoms. The summed E-state index contributed by atoms with van der Waals surface area (Å²) in [6.07, 6.45) is 3.62. The lowest BCUT2D eigenvalue weighted by molar-refractivity contribution is 0.250. The molecule has 3 aromatic rings. The second-order valence-electron chi connectivity index (χ2n) is 4.86. The molecule has 2 heterocycles. The minimum atomic E-state index is -0.263. The molecular weight excluding hydrogens is 332 g/mol. The number of anilines is 1. The Bertz CT molecular complexity index is 707. The topological polar surface area (TPSA) is 59.0 Å². The van der Waals surface area contributed by atoms with Crippen LogP contribution >= 0.6 is 22.9 Å². The Morgan fingerprint density at radius 1 is 1.26 bits per heavy atom. The van der Waals surface area contributed by atoms with Crippen molar-refractivity contribution in [3.8, 4) is 0 Å². The van der Waals surface area contributed by atoms with Gasteiger partial charge in [0.05, 0.1) is 0 Å². The maximum Gasteiger partial charge on any atom is 0.319 e. The molecule has 0 aliphatic rings. The first-order chi connectivity index (χ1) is 11.2. The third-order valence-corrected chi connectivity index (χ3v) is 4.50. The average molecular weight is 347 g/mol. The van der Waals surface area contributed by atoms with E-state index in [0.29, 0.717) is 17.3 Å². The summed E-state index contributed by atoms with van der Waals surface area (Å²) in [4.78, 5) is 13.2. The Morgan fingerprint density at radius 2 is 2.09 bits per heavy atom. The van der Waals surface area contributed by atoms with Gasteiger partial charge in [-0.2, -0.15) is 5.10 Å². The molecule has 5 nitrogen and oxygen atoms in total. The predicted molar refractivity (Wildman–Crippen MR) is 93.2 cm³/mol. The highest BCUT2D eigenvalue weighted by Gasteiger charge is 2.16. The van der Waals surface area contributed by atoms with Gasteiger partial charge in [0.1, 0.15) is 6.04 Å². The van der Waals surface area contributed by atoms with Gasteiger partial charge in [-0.05, 0) is 41.8 Å². The molecule has 0 saturated carbocycles. The summed E-state index contributed by atoms with van der Waals surface area (Å²) in [5.41, 5.74) is 0.693. The molecule has 1 aromatic carbocycles. The molecule has 0 fully saturated rings. The van der Waals surface area contributed by atoms with Gasteiger partial charge in [-0.3, -0.25) is 4.68 Å². The molecule has 7 heteroatoms. The maximum atomic E-state index is 12.1. The van der Waals surface area contributed by atoms with Crippen LogP contribution in [0.2, 0.25) is 5.02 Å². The molecule has 118 valence electrons. The molecule has 1 atom stereocenters. The quantitative estimate of drug-likeness (QED) is 0.733. The van der Waals surface area contributed by atoms with E-state index in [1.807, 2.05) is 34.5 Å². The lowest BCUT2D eigenvalue weighted by Gasteiger charge is -2.17. The van der Waals surface area contributed by atoms with Crippen LogP contribution in [0.4, 0.5) is 10.5 Å². The summed E-state index contributed by atoms with van der Waals surface area (Å²) in [6, 6.07) is 12.6. The van der Waals surface area contributed by atoms with Gasteiger partial charge in [0.25, 0.3) is 0 Å². The zero-order chi connectivity index (χ0) is 16.1. The Morgan fingerprint density at radius 3 is 2.74 bits per heavy atom. The van der Waals surface area contributed by atoms with E-state index in [0.717, 1.165) is 4.88 Å². The van der Waals surface area contributed by atoms with Gasteiger partial charge in [-0.15, -0.1) is 11.3 Å². The lowest BCUT2D eigenvalue weighted by Crippen LogP contribution is -2.34.